The second kappa shape index (κ2) is 10.2. The molecule has 0 radical (unpaired) electrons. The molecule has 216 valence electrons. The summed E-state index contributed by atoms with van der Waals surface area (Å²) in [4.78, 5) is 32.2. The normalized spacial score (nSPS) is 30.4. The van der Waals surface area contributed by atoms with Crippen molar-refractivity contribution in [1.82, 2.24) is 20.6 Å². The van der Waals surface area contributed by atoms with Crippen molar-refractivity contribution in [3.8, 4) is 0 Å². The summed E-state index contributed by atoms with van der Waals surface area (Å²) in [5.41, 5.74) is -3.46. The summed E-state index contributed by atoms with van der Waals surface area (Å²) in [6.07, 6.45) is -4.59. The maximum atomic E-state index is 15.2. The number of nitrogens with zero attached hydrogens (tertiary/aromatic N) is 2. The van der Waals surface area contributed by atoms with Crippen molar-refractivity contribution in [3.63, 3.8) is 0 Å². The van der Waals surface area contributed by atoms with Gasteiger partial charge < -0.3 is 15.7 Å². The van der Waals surface area contributed by atoms with Crippen molar-refractivity contribution in [1.29, 1.82) is 0 Å². The van der Waals surface area contributed by atoms with Crippen LogP contribution in [0.2, 0.25) is 5.02 Å². The number of aromatic nitrogens is 2. The predicted octanol–water partition coefficient (Wildman–Crippen LogP) is 4.83. The van der Waals surface area contributed by atoms with Crippen LogP contribution < -0.4 is 10.6 Å². The standard InChI is InChI=1S/C26H25ClF6N4O3/c27-13-1-2-14(28)18(19(13)29)20(24-4-6-25(30,11-24)7-5-24)37-21(39)12-9-16(17(38)10-12)35-22(40)15-3-8-34-23(36-15)26(31,32)33/h1-3,8,12,16-17,20,38H,4-7,9-11H2,(H,35,40)(H,37,39)/t12-,16-,17+,20+,24?,25?/m0/s1. The first kappa shape index (κ1) is 28.6. The number of hydrogen-bond acceptors (Lipinski definition) is 5. The molecule has 1 heterocycles. The number of nitrogens with one attached hydrogen (secondary N) is 2. The van der Waals surface area contributed by atoms with Crippen LogP contribution in [0.1, 0.15) is 72.9 Å². The Hall–Kier alpha value is -2.93. The minimum absolute atomic E-state index is 0.0150. The number of hydrogen-bond donors (Lipinski definition) is 3. The molecule has 0 aliphatic heterocycles. The highest BCUT2D eigenvalue weighted by Gasteiger charge is 2.59. The lowest BCUT2D eigenvalue weighted by molar-refractivity contribution is -0.145. The fourth-order valence-corrected chi connectivity index (χ4v) is 6.58. The van der Waals surface area contributed by atoms with Crippen LogP contribution in [0.5, 0.6) is 0 Å². The SMILES string of the molecule is O=C(N[C@H]1C[C@H](C(=O)N[C@H](c2c(F)ccc(Cl)c2F)C23CCC(F)(CC2)C3)C[C@H]1O)c1ccnc(C(F)(F)F)n1. The highest BCUT2D eigenvalue weighted by atomic mass is 35.5. The summed E-state index contributed by atoms with van der Waals surface area (Å²) in [5.74, 6) is -6.09. The monoisotopic (exact) mass is 590 g/mol. The average molecular weight is 591 g/mol. The Morgan fingerprint density at radius 3 is 2.42 bits per heavy atom. The summed E-state index contributed by atoms with van der Waals surface area (Å²) in [5, 5.41) is 15.3. The molecule has 1 aromatic heterocycles. The maximum Gasteiger partial charge on any atom is 0.451 e. The first-order valence-corrected chi connectivity index (χ1v) is 13.1. The van der Waals surface area contributed by atoms with E-state index < -0.39 is 81.9 Å². The molecule has 3 aliphatic carbocycles. The van der Waals surface area contributed by atoms with Gasteiger partial charge in [0.15, 0.2) is 0 Å². The molecule has 4 atom stereocenters. The summed E-state index contributed by atoms with van der Waals surface area (Å²) in [6.45, 7) is 0. The van der Waals surface area contributed by atoms with E-state index in [1.807, 2.05) is 0 Å². The molecule has 5 rings (SSSR count). The van der Waals surface area contributed by atoms with Crippen LogP contribution in [0.25, 0.3) is 0 Å². The molecule has 0 spiro atoms. The third-order valence-corrected chi connectivity index (χ3v) is 8.73. The molecule has 0 unspecified atom stereocenters. The van der Waals surface area contributed by atoms with E-state index in [0.717, 1.165) is 24.4 Å². The summed E-state index contributed by atoms with van der Waals surface area (Å²) >= 11 is 5.93. The number of halogens is 7. The molecule has 3 fully saturated rings. The molecule has 7 nitrogen and oxygen atoms in total. The highest BCUT2D eigenvalue weighted by Crippen LogP contribution is 2.63. The Morgan fingerprint density at radius 1 is 1.10 bits per heavy atom. The first-order chi connectivity index (χ1) is 18.7. The molecular formula is C26H25ClF6N4O3. The summed E-state index contributed by atoms with van der Waals surface area (Å²) < 4.78 is 84.0. The van der Waals surface area contributed by atoms with Gasteiger partial charge >= 0.3 is 6.18 Å². The van der Waals surface area contributed by atoms with Gasteiger partial charge in [-0.25, -0.2) is 23.1 Å². The average Bonchev–Trinajstić information content (AvgIpc) is 3.56. The number of amides is 2. The van der Waals surface area contributed by atoms with Crippen LogP contribution in [0.15, 0.2) is 24.4 Å². The molecule has 0 saturated heterocycles. The lowest BCUT2D eigenvalue weighted by Gasteiger charge is -2.37. The van der Waals surface area contributed by atoms with Crippen LogP contribution in [0, 0.1) is 23.0 Å². The van der Waals surface area contributed by atoms with Gasteiger partial charge in [0.25, 0.3) is 5.91 Å². The second-order valence-electron chi connectivity index (χ2n) is 11.0. The van der Waals surface area contributed by atoms with Crippen LogP contribution in [-0.4, -0.2) is 44.7 Å². The molecule has 2 aromatic rings. The Morgan fingerprint density at radius 2 is 1.80 bits per heavy atom. The number of carbonyl (C=O) groups excluding carboxylic acids is 2. The Kier molecular flexibility index (Phi) is 7.26. The van der Waals surface area contributed by atoms with Crippen molar-refractivity contribution in [2.75, 3.05) is 0 Å². The fourth-order valence-electron chi connectivity index (χ4n) is 6.42. The van der Waals surface area contributed by atoms with E-state index >= 15 is 8.78 Å². The molecule has 3 aliphatic rings. The number of fused-ring (bicyclic) bond motifs is 2. The van der Waals surface area contributed by atoms with E-state index in [-0.39, 0.29) is 37.1 Å². The molecule has 40 heavy (non-hydrogen) atoms. The Bertz CT molecular complexity index is 1330. The number of aliphatic hydroxyl groups excluding tert-OH is 1. The number of benzene rings is 1. The second-order valence-corrected chi connectivity index (χ2v) is 11.4. The lowest BCUT2D eigenvalue weighted by atomic mass is 9.74. The van der Waals surface area contributed by atoms with Crippen LogP contribution in [-0.2, 0) is 11.0 Å². The van der Waals surface area contributed by atoms with Gasteiger partial charge in [0.2, 0.25) is 11.7 Å². The minimum Gasteiger partial charge on any atom is -0.391 e. The smallest absolute Gasteiger partial charge is 0.391 e. The van der Waals surface area contributed by atoms with E-state index in [1.165, 1.54) is 0 Å². The Balaban J connectivity index is 1.33. The van der Waals surface area contributed by atoms with Crippen LogP contribution in [0.4, 0.5) is 26.3 Å². The molecule has 2 bridgehead atoms. The van der Waals surface area contributed by atoms with Crippen LogP contribution in [0.3, 0.4) is 0 Å². The van der Waals surface area contributed by atoms with Crippen molar-refractivity contribution in [2.45, 2.75) is 75.0 Å². The number of carbonyl (C=O) groups is 2. The quantitative estimate of drug-likeness (QED) is 0.330. The van der Waals surface area contributed by atoms with E-state index in [2.05, 4.69) is 20.6 Å². The van der Waals surface area contributed by atoms with Gasteiger partial charge in [-0.05, 0) is 68.6 Å². The fraction of sp³-hybridized carbons (Fsp3) is 0.538. The summed E-state index contributed by atoms with van der Waals surface area (Å²) in [7, 11) is 0. The topological polar surface area (TPSA) is 104 Å². The maximum absolute atomic E-state index is 15.2. The van der Waals surface area contributed by atoms with Gasteiger partial charge in [-0.15, -0.1) is 0 Å². The molecule has 3 saturated carbocycles. The zero-order chi connectivity index (χ0) is 29.0. The van der Waals surface area contributed by atoms with Gasteiger partial charge in [-0.1, -0.05) is 11.6 Å². The predicted molar refractivity (Wildman–Crippen MR) is 129 cm³/mol. The van der Waals surface area contributed by atoms with Gasteiger partial charge in [0, 0.05) is 17.7 Å². The third-order valence-electron chi connectivity index (χ3n) is 8.44. The number of rotatable bonds is 6. The van der Waals surface area contributed by atoms with Crippen LogP contribution >= 0.6 is 11.6 Å². The molecule has 2 amide bonds. The van der Waals surface area contributed by atoms with E-state index in [0.29, 0.717) is 12.8 Å². The third kappa shape index (κ3) is 5.25. The number of aliphatic hydroxyl groups is 1. The van der Waals surface area contributed by atoms with Crippen molar-refractivity contribution in [3.05, 3.63) is 58.1 Å². The van der Waals surface area contributed by atoms with E-state index in [1.54, 1.807) is 0 Å². The largest absolute Gasteiger partial charge is 0.451 e. The molecule has 14 heteroatoms. The van der Waals surface area contributed by atoms with Gasteiger partial charge in [-0.3, -0.25) is 9.59 Å². The van der Waals surface area contributed by atoms with E-state index in [4.69, 9.17) is 11.6 Å². The molecule has 3 N–H and O–H groups in total. The lowest BCUT2D eigenvalue weighted by Crippen LogP contribution is -2.43. The minimum atomic E-state index is -4.87. The van der Waals surface area contributed by atoms with Gasteiger partial charge in [0.05, 0.1) is 23.2 Å². The van der Waals surface area contributed by atoms with Crippen molar-refractivity contribution in [2.24, 2.45) is 11.3 Å². The zero-order valence-electron chi connectivity index (χ0n) is 20.9. The number of alkyl halides is 4. The first-order valence-electron chi connectivity index (χ1n) is 12.7. The zero-order valence-corrected chi connectivity index (χ0v) is 21.6. The van der Waals surface area contributed by atoms with Gasteiger partial charge in [-0.2, -0.15) is 13.2 Å². The molecule has 1 aromatic carbocycles. The van der Waals surface area contributed by atoms with Crippen molar-refractivity contribution < 1.29 is 41.0 Å². The van der Waals surface area contributed by atoms with E-state index in [9.17, 15) is 32.3 Å². The summed E-state index contributed by atoms with van der Waals surface area (Å²) in [6, 6.07) is 0.755. The molecular weight excluding hydrogens is 566 g/mol. The Labute approximate surface area is 229 Å². The van der Waals surface area contributed by atoms with Gasteiger partial charge in [0.1, 0.15) is 23.0 Å². The highest BCUT2D eigenvalue weighted by molar-refractivity contribution is 6.30. The van der Waals surface area contributed by atoms with Crippen molar-refractivity contribution >= 4 is 23.4 Å².